The van der Waals surface area contributed by atoms with Gasteiger partial charge in [0.2, 0.25) is 0 Å². The number of carbonyl (C=O) groups excluding carboxylic acids is 1. The van der Waals surface area contributed by atoms with Gasteiger partial charge in [0.1, 0.15) is 0 Å². The average molecular weight is 466 g/mol. The van der Waals surface area contributed by atoms with E-state index in [0.717, 1.165) is 41.6 Å². The third-order valence-corrected chi connectivity index (χ3v) is 8.15. The molecule has 0 atom stereocenters. The summed E-state index contributed by atoms with van der Waals surface area (Å²) < 4.78 is 0.783. The predicted molar refractivity (Wildman–Crippen MR) is 125 cm³/mol. The molecule has 1 heterocycles. The molecule has 3 rings (SSSR count). The molecule has 1 aromatic heterocycles. The van der Waals surface area contributed by atoms with Crippen molar-refractivity contribution in [3.8, 4) is 0 Å². The molecule has 2 aromatic rings. The molecule has 30 heavy (non-hydrogen) atoms. The highest BCUT2D eigenvalue weighted by molar-refractivity contribution is 8.01. The number of nitrogens with one attached hydrogen (secondary N) is 1. The van der Waals surface area contributed by atoms with Gasteiger partial charge in [-0.05, 0) is 43.7 Å². The topological polar surface area (TPSA) is 82.5 Å². The van der Waals surface area contributed by atoms with Crippen molar-refractivity contribution in [1.82, 2.24) is 9.88 Å². The number of hydrogen-bond donors (Lipinski definition) is 2. The molecule has 1 aliphatic rings. The van der Waals surface area contributed by atoms with Gasteiger partial charge in [-0.1, -0.05) is 36.5 Å². The zero-order valence-corrected chi connectivity index (χ0v) is 19.4. The Balaban J connectivity index is 1.60. The van der Waals surface area contributed by atoms with Crippen LogP contribution in [0.4, 0.5) is 9.93 Å². The van der Waals surface area contributed by atoms with E-state index in [1.54, 1.807) is 18.0 Å². The first-order valence-electron chi connectivity index (χ1n) is 10.1. The van der Waals surface area contributed by atoms with Gasteiger partial charge in [0, 0.05) is 23.2 Å². The molecule has 1 saturated carbocycles. The molecule has 6 nitrogen and oxygen atoms in total. The maximum Gasteiger partial charge on any atom is 0.323 e. The first-order valence-corrected chi connectivity index (χ1v) is 12.9. The van der Waals surface area contributed by atoms with Crippen LogP contribution in [0.1, 0.15) is 32.6 Å². The molecule has 1 aromatic carbocycles. The number of thiazole rings is 1. The molecule has 0 saturated heterocycles. The molecule has 1 fully saturated rings. The number of amides is 2. The van der Waals surface area contributed by atoms with Crippen molar-refractivity contribution >= 4 is 52.0 Å². The molecule has 9 heteroatoms. The highest BCUT2D eigenvalue weighted by Gasteiger charge is 2.28. The Morgan fingerprint density at radius 2 is 1.93 bits per heavy atom. The summed E-state index contributed by atoms with van der Waals surface area (Å²) >= 11 is 4.28. The number of carboxylic acids is 1. The van der Waals surface area contributed by atoms with Crippen LogP contribution in [-0.4, -0.2) is 51.1 Å². The second kappa shape index (κ2) is 11.6. The molecule has 162 valence electrons. The van der Waals surface area contributed by atoms with Crippen LogP contribution in [0.15, 0.2) is 45.6 Å². The summed E-state index contributed by atoms with van der Waals surface area (Å²) in [4.78, 5) is 31.2. The van der Waals surface area contributed by atoms with Gasteiger partial charge in [-0.15, -0.1) is 23.5 Å². The van der Waals surface area contributed by atoms with Crippen LogP contribution in [0.5, 0.6) is 0 Å². The molecular formula is C21H27N3O3S3. The van der Waals surface area contributed by atoms with E-state index in [9.17, 15) is 9.59 Å². The summed E-state index contributed by atoms with van der Waals surface area (Å²) in [6.45, 7) is 2.95. The fourth-order valence-electron chi connectivity index (χ4n) is 3.46. The van der Waals surface area contributed by atoms with E-state index in [2.05, 4.69) is 29.4 Å². The number of rotatable bonds is 9. The Kier molecular flexibility index (Phi) is 8.89. The quantitative estimate of drug-likeness (QED) is 0.474. The van der Waals surface area contributed by atoms with Gasteiger partial charge in [0.15, 0.2) is 5.13 Å². The van der Waals surface area contributed by atoms with E-state index in [1.807, 2.05) is 23.1 Å². The predicted octanol–water partition coefficient (Wildman–Crippen LogP) is 5.52. The Hall–Kier alpha value is -1.71. The molecular weight excluding hydrogens is 438 g/mol. The van der Waals surface area contributed by atoms with Gasteiger partial charge in [-0.2, -0.15) is 0 Å². The first-order chi connectivity index (χ1) is 14.5. The monoisotopic (exact) mass is 465 g/mol. The number of benzene rings is 1. The standard InChI is InChI=1S/C21H27N3O3S3/c1-15-7-9-16(10-8-15)24(11-12-28-17-5-3-2-4-6-17)21(27)23-20-22-13-19(30-20)29-14-18(25)26/h2-6,13,15-16H,7-12,14H2,1H3,(H,25,26)(H,22,23,27). The molecule has 0 unspecified atom stereocenters. The largest absolute Gasteiger partial charge is 0.481 e. The summed E-state index contributed by atoms with van der Waals surface area (Å²) in [6, 6.07) is 10.4. The third kappa shape index (κ3) is 7.21. The van der Waals surface area contributed by atoms with Crippen molar-refractivity contribution in [2.45, 2.75) is 47.8 Å². The Bertz CT molecular complexity index is 823. The minimum atomic E-state index is -0.868. The highest BCUT2D eigenvalue weighted by Crippen LogP contribution is 2.30. The van der Waals surface area contributed by atoms with E-state index < -0.39 is 5.97 Å². The Morgan fingerprint density at radius 1 is 1.20 bits per heavy atom. The van der Waals surface area contributed by atoms with E-state index in [4.69, 9.17) is 5.11 Å². The molecule has 2 N–H and O–H groups in total. The molecule has 0 radical (unpaired) electrons. The van der Waals surface area contributed by atoms with Crippen molar-refractivity contribution in [3.63, 3.8) is 0 Å². The van der Waals surface area contributed by atoms with Gasteiger partial charge in [0.05, 0.1) is 16.2 Å². The second-order valence-corrected chi connectivity index (χ2v) is 10.8. The Labute approximate surface area is 189 Å². The van der Waals surface area contributed by atoms with E-state index in [1.165, 1.54) is 28.0 Å². The van der Waals surface area contributed by atoms with Crippen LogP contribution in [0, 0.1) is 5.92 Å². The van der Waals surface area contributed by atoms with Crippen LogP contribution in [0.25, 0.3) is 0 Å². The minimum Gasteiger partial charge on any atom is -0.481 e. The van der Waals surface area contributed by atoms with Gasteiger partial charge in [0.25, 0.3) is 0 Å². The minimum absolute atomic E-state index is 0.0152. The number of thioether (sulfide) groups is 2. The van der Waals surface area contributed by atoms with Gasteiger partial charge in [-0.25, -0.2) is 9.78 Å². The second-order valence-electron chi connectivity index (χ2n) is 7.37. The van der Waals surface area contributed by atoms with E-state index >= 15 is 0 Å². The number of hydrogen-bond acceptors (Lipinski definition) is 6. The summed E-state index contributed by atoms with van der Waals surface area (Å²) in [7, 11) is 0. The van der Waals surface area contributed by atoms with Crippen molar-refractivity contribution < 1.29 is 14.7 Å². The normalized spacial score (nSPS) is 18.7. The van der Waals surface area contributed by atoms with Crippen molar-refractivity contribution in [2.75, 3.05) is 23.4 Å². The lowest BCUT2D eigenvalue weighted by atomic mass is 9.86. The molecule has 2 amide bonds. The van der Waals surface area contributed by atoms with E-state index in [0.29, 0.717) is 11.7 Å². The highest BCUT2D eigenvalue weighted by atomic mass is 32.2. The van der Waals surface area contributed by atoms with Crippen LogP contribution in [0.2, 0.25) is 0 Å². The summed E-state index contributed by atoms with van der Waals surface area (Å²) in [6.07, 6.45) is 5.97. The zero-order valence-electron chi connectivity index (χ0n) is 17.0. The van der Waals surface area contributed by atoms with Gasteiger partial charge < -0.3 is 10.0 Å². The van der Waals surface area contributed by atoms with Gasteiger partial charge >= 0.3 is 12.0 Å². The van der Waals surface area contributed by atoms with Gasteiger partial charge in [-0.3, -0.25) is 10.1 Å². The number of aliphatic carboxylic acids is 1. The summed E-state index contributed by atoms with van der Waals surface area (Å²) in [5.41, 5.74) is 0. The first kappa shape index (κ1) is 23.0. The lowest BCUT2D eigenvalue weighted by Gasteiger charge is -2.36. The number of aromatic nitrogens is 1. The molecule has 0 spiro atoms. The number of urea groups is 1. The van der Waals surface area contributed by atoms with Crippen molar-refractivity contribution in [2.24, 2.45) is 5.92 Å². The average Bonchev–Trinajstić information content (AvgIpc) is 3.18. The number of nitrogens with zero attached hydrogens (tertiary/aromatic N) is 2. The van der Waals surface area contributed by atoms with Crippen LogP contribution < -0.4 is 5.32 Å². The lowest BCUT2D eigenvalue weighted by Crippen LogP contribution is -2.45. The lowest BCUT2D eigenvalue weighted by molar-refractivity contribution is -0.133. The number of carbonyl (C=O) groups is 2. The Morgan fingerprint density at radius 3 is 2.63 bits per heavy atom. The van der Waals surface area contributed by atoms with Crippen LogP contribution in [-0.2, 0) is 4.79 Å². The number of anilines is 1. The third-order valence-electron chi connectivity index (χ3n) is 5.07. The maximum atomic E-state index is 13.1. The molecule has 0 aliphatic heterocycles. The summed E-state index contributed by atoms with van der Waals surface area (Å²) in [5.74, 6) is 0.671. The molecule has 1 aliphatic carbocycles. The smallest absolute Gasteiger partial charge is 0.323 e. The summed E-state index contributed by atoms with van der Waals surface area (Å²) in [5, 5.41) is 12.3. The van der Waals surface area contributed by atoms with Crippen molar-refractivity contribution in [1.29, 1.82) is 0 Å². The van der Waals surface area contributed by atoms with E-state index in [-0.39, 0.29) is 17.8 Å². The SMILES string of the molecule is CC1CCC(N(CCSc2ccccc2)C(=O)Nc2ncc(SCC(=O)O)s2)CC1. The van der Waals surface area contributed by atoms with Crippen LogP contribution in [0.3, 0.4) is 0 Å². The molecule has 0 bridgehead atoms. The maximum absolute atomic E-state index is 13.1. The fraction of sp³-hybridized carbons (Fsp3) is 0.476. The number of carboxylic acid groups (broad SMARTS) is 1. The van der Waals surface area contributed by atoms with Crippen molar-refractivity contribution in [3.05, 3.63) is 36.5 Å². The zero-order chi connectivity index (χ0) is 21.3. The fourth-order valence-corrected chi connectivity index (χ4v) is 5.92. The van der Waals surface area contributed by atoms with Crippen LogP contribution >= 0.6 is 34.9 Å².